The van der Waals surface area contributed by atoms with Crippen molar-refractivity contribution in [2.24, 2.45) is 0 Å². The van der Waals surface area contributed by atoms with Crippen molar-refractivity contribution in [3.8, 4) is 0 Å². The Hall–Kier alpha value is -2.60. The molecular weight excluding hydrogens is 384 g/mol. The zero-order valence-corrected chi connectivity index (χ0v) is 15.4. The summed E-state index contributed by atoms with van der Waals surface area (Å²) >= 11 is 3.44. The molecule has 0 spiro atoms. The molecule has 0 radical (unpaired) electrons. The Labute approximate surface area is 155 Å². The van der Waals surface area contributed by atoms with Gasteiger partial charge < -0.3 is 15.4 Å². The summed E-state index contributed by atoms with van der Waals surface area (Å²) in [6.07, 6.45) is 3.39. The third kappa shape index (κ3) is 6.08. The van der Waals surface area contributed by atoms with Crippen LogP contribution in [0.3, 0.4) is 0 Å². The lowest BCUT2D eigenvalue weighted by atomic mass is 10.1. The number of carbonyl (C=O) groups excluding carboxylic acids is 2. The standard InChI is InChI=1S/C19H19BrN2O3/c1-2-25-18(23)16-9-7-14(8-10-16)13-22-19(24)21-12-11-15-5-3-4-6-17(15)20/h3-12H,2,13H2,1H3,(H2,21,22,24)/b12-11+. The Balaban J connectivity index is 1.80. The van der Waals surface area contributed by atoms with Crippen molar-refractivity contribution in [1.29, 1.82) is 0 Å². The normalized spacial score (nSPS) is 10.5. The van der Waals surface area contributed by atoms with Gasteiger partial charge >= 0.3 is 12.0 Å². The lowest BCUT2D eigenvalue weighted by Crippen LogP contribution is -2.31. The molecule has 2 rings (SSSR count). The van der Waals surface area contributed by atoms with E-state index in [-0.39, 0.29) is 12.0 Å². The third-order valence-electron chi connectivity index (χ3n) is 3.30. The van der Waals surface area contributed by atoms with Crippen LogP contribution in [-0.2, 0) is 11.3 Å². The van der Waals surface area contributed by atoms with Crippen LogP contribution in [-0.4, -0.2) is 18.6 Å². The topological polar surface area (TPSA) is 67.4 Å². The number of esters is 1. The molecule has 25 heavy (non-hydrogen) atoms. The van der Waals surface area contributed by atoms with Crippen molar-refractivity contribution >= 4 is 34.0 Å². The van der Waals surface area contributed by atoms with Gasteiger partial charge in [-0.2, -0.15) is 0 Å². The van der Waals surface area contributed by atoms with Gasteiger partial charge in [0.25, 0.3) is 0 Å². The minimum Gasteiger partial charge on any atom is -0.462 e. The molecule has 0 aromatic heterocycles. The maximum absolute atomic E-state index is 11.8. The molecule has 6 heteroatoms. The van der Waals surface area contributed by atoms with Crippen LogP contribution in [0, 0.1) is 0 Å². The van der Waals surface area contributed by atoms with Gasteiger partial charge in [-0.25, -0.2) is 9.59 Å². The maximum Gasteiger partial charge on any atom is 0.338 e. The maximum atomic E-state index is 11.8. The fourth-order valence-electron chi connectivity index (χ4n) is 2.02. The van der Waals surface area contributed by atoms with Gasteiger partial charge in [0.05, 0.1) is 12.2 Å². The van der Waals surface area contributed by atoms with Gasteiger partial charge in [-0.15, -0.1) is 0 Å². The number of halogens is 1. The zero-order valence-electron chi connectivity index (χ0n) is 13.8. The molecule has 0 aliphatic carbocycles. The first-order valence-corrected chi connectivity index (χ1v) is 8.61. The lowest BCUT2D eigenvalue weighted by Gasteiger charge is -2.06. The summed E-state index contributed by atoms with van der Waals surface area (Å²) in [5.41, 5.74) is 2.35. The highest BCUT2D eigenvalue weighted by atomic mass is 79.9. The number of nitrogens with one attached hydrogen (secondary N) is 2. The smallest absolute Gasteiger partial charge is 0.338 e. The minimum atomic E-state index is -0.350. The van der Waals surface area contributed by atoms with Crippen molar-refractivity contribution in [3.05, 3.63) is 75.9 Å². The SMILES string of the molecule is CCOC(=O)c1ccc(CNC(=O)N/C=C/c2ccccc2Br)cc1. The van der Waals surface area contributed by atoms with E-state index in [1.54, 1.807) is 43.5 Å². The van der Waals surface area contributed by atoms with Gasteiger partial charge in [-0.05, 0) is 42.3 Å². The molecular formula is C19H19BrN2O3. The highest BCUT2D eigenvalue weighted by Crippen LogP contribution is 2.16. The molecule has 0 atom stereocenters. The number of ether oxygens (including phenoxy) is 1. The monoisotopic (exact) mass is 402 g/mol. The number of amides is 2. The number of rotatable bonds is 6. The van der Waals surface area contributed by atoms with E-state index < -0.39 is 0 Å². The molecule has 0 unspecified atom stereocenters. The largest absolute Gasteiger partial charge is 0.462 e. The molecule has 130 valence electrons. The highest BCUT2D eigenvalue weighted by Gasteiger charge is 2.06. The molecule has 0 saturated heterocycles. The molecule has 5 nitrogen and oxygen atoms in total. The summed E-state index contributed by atoms with van der Waals surface area (Å²) in [5, 5.41) is 5.39. The summed E-state index contributed by atoms with van der Waals surface area (Å²) in [4.78, 5) is 23.4. The summed E-state index contributed by atoms with van der Waals surface area (Å²) in [6, 6.07) is 14.3. The van der Waals surface area contributed by atoms with Crippen molar-refractivity contribution in [2.45, 2.75) is 13.5 Å². The van der Waals surface area contributed by atoms with Crippen molar-refractivity contribution < 1.29 is 14.3 Å². The lowest BCUT2D eigenvalue weighted by molar-refractivity contribution is 0.0526. The first-order valence-electron chi connectivity index (χ1n) is 7.81. The van der Waals surface area contributed by atoms with Gasteiger partial charge in [0.2, 0.25) is 0 Å². The van der Waals surface area contributed by atoms with Gasteiger partial charge in [0.1, 0.15) is 0 Å². The van der Waals surface area contributed by atoms with E-state index in [2.05, 4.69) is 26.6 Å². The quantitative estimate of drug-likeness (QED) is 0.714. The first-order chi connectivity index (χ1) is 12.1. The van der Waals surface area contributed by atoms with Crippen LogP contribution in [0.1, 0.15) is 28.4 Å². The van der Waals surface area contributed by atoms with Crippen molar-refractivity contribution in [2.75, 3.05) is 6.61 Å². The Morgan fingerprint density at radius 3 is 2.52 bits per heavy atom. The molecule has 2 N–H and O–H groups in total. The average molecular weight is 403 g/mol. The van der Waals surface area contributed by atoms with Crippen molar-refractivity contribution in [1.82, 2.24) is 10.6 Å². The van der Waals surface area contributed by atoms with Gasteiger partial charge in [0.15, 0.2) is 0 Å². The van der Waals surface area contributed by atoms with E-state index in [4.69, 9.17) is 4.74 Å². The molecule has 0 bridgehead atoms. The van der Waals surface area contributed by atoms with E-state index in [0.29, 0.717) is 18.7 Å². The number of urea groups is 1. The number of carbonyl (C=O) groups is 2. The van der Waals surface area contributed by atoms with Crippen LogP contribution in [0.25, 0.3) is 6.08 Å². The molecule has 2 amide bonds. The predicted octanol–water partition coefficient (Wildman–Crippen LogP) is 4.10. The van der Waals surface area contributed by atoms with E-state index in [1.807, 2.05) is 24.3 Å². The fourth-order valence-corrected chi connectivity index (χ4v) is 2.44. The Kier molecular flexibility index (Phi) is 7.22. The second-order valence-corrected chi connectivity index (χ2v) is 5.95. The number of hydrogen-bond acceptors (Lipinski definition) is 3. The van der Waals surface area contributed by atoms with E-state index >= 15 is 0 Å². The minimum absolute atomic E-state index is 0.308. The Morgan fingerprint density at radius 1 is 1.12 bits per heavy atom. The van der Waals surface area contributed by atoms with E-state index in [9.17, 15) is 9.59 Å². The summed E-state index contributed by atoms with van der Waals surface area (Å²) in [6.45, 7) is 2.47. The highest BCUT2D eigenvalue weighted by molar-refractivity contribution is 9.10. The zero-order chi connectivity index (χ0) is 18.1. The van der Waals surface area contributed by atoms with Gasteiger partial charge in [-0.3, -0.25) is 0 Å². The summed E-state index contributed by atoms with van der Waals surface area (Å²) in [5.74, 6) is -0.350. The van der Waals surface area contributed by atoms with E-state index in [1.165, 1.54) is 0 Å². The van der Waals surface area contributed by atoms with Crippen LogP contribution >= 0.6 is 15.9 Å². The van der Waals surface area contributed by atoms with Crippen LogP contribution in [0.5, 0.6) is 0 Å². The van der Waals surface area contributed by atoms with Crippen molar-refractivity contribution in [3.63, 3.8) is 0 Å². The molecule has 0 aliphatic rings. The number of hydrogen-bond donors (Lipinski definition) is 2. The average Bonchev–Trinajstić information content (AvgIpc) is 2.62. The predicted molar refractivity (Wildman–Crippen MR) is 101 cm³/mol. The summed E-state index contributed by atoms with van der Waals surface area (Å²) in [7, 11) is 0. The molecule has 0 heterocycles. The second kappa shape index (κ2) is 9.64. The molecule has 0 saturated carbocycles. The molecule has 0 aliphatic heterocycles. The van der Waals surface area contributed by atoms with Crippen LogP contribution < -0.4 is 10.6 Å². The summed E-state index contributed by atoms with van der Waals surface area (Å²) < 4.78 is 5.88. The number of benzene rings is 2. The third-order valence-corrected chi connectivity index (χ3v) is 4.02. The second-order valence-electron chi connectivity index (χ2n) is 5.10. The molecule has 0 fully saturated rings. The van der Waals surface area contributed by atoms with Gasteiger partial charge in [0, 0.05) is 17.2 Å². The van der Waals surface area contributed by atoms with Crippen LogP contribution in [0.2, 0.25) is 0 Å². The van der Waals surface area contributed by atoms with Crippen LogP contribution in [0.15, 0.2) is 59.2 Å². The molecule has 2 aromatic rings. The fraction of sp³-hybridized carbons (Fsp3) is 0.158. The Bertz CT molecular complexity index is 758. The first kappa shape index (κ1) is 18.7. The van der Waals surface area contributed by atoms with E-state index in [0.717, 1.165) is 15.6 Å². The molecule has 2 aromatic carbocycles. The van der Waals surface area contributed by atoms with Crippen LogP contribution in [0.4, 0.5) is 4.79 Å². The van der Waals surface area contributed by atoms with Gasteiger partial charge in [-0.1, -0.05) is 46.3 Å². The Morgan fingerprint density at radius 2 is 1.84 bits per heavy atom.